The van der Waals surface area contributed by atoms with Crippen molar-refractivity contribution in [1.29, 1.82) is 5.26 Å². The number of nitrogens with zero attached hydrogens (tertiary/aromatic N) is 2. The first-order chi connectivity index (χ1) is 12.0. The second-order valence-corrected chi connectivity index (χ2v) is 7.37. The van der Waals surface area contributed by atoms with Crippen molar-refractivity contribution in [3.63, 3.8) is 0 Å². The van der Waals surface area contributed by atoms with Gasteiger partial charge in [0.2, 0.25) is 0 Å². The van der Waals surface area contributed by atoms with E-state index in [1.807, 2.05) is 19.1 Å². The number of nitrogens with one attached hydrogen (secondary N) is 1. The Kier molecular flexibility index (Phi) is 10.1. The lowest BCUT2D eigenvalue weighted by Crippen LogP contribution is -2.43. The third kappa shape index (κ3) is 8.81. The van der Waals surface area contributed by atoms with Gasteiger partial charge < -0.3 is 5.32 Å². The van der Waals surface area contributed by atoms with Gasteiger partial charge in [-0.15, -0.1) is 0 Å². The van der Waals surface area contributed by atoms with Crippen molar-refractivity contribution in [2.24, 2.45) is 0 Å². The van der Waals surface area contributed by atoms with Gasteiger partial charge in [-0.2, -0.15) is 17.0 Å². The van der Waals surface area contributed by atoms with Crippen LogP contribution in [0.1, 0.15) is 32.3 Å². The second kappa shape index (κ2) is 11.8. The van der Waals surface area contributed by atoms with Crippen LogP contribution in [0.4, 0.5) is 0 Å². The molecule has 0 aliphatic carbocycles. The molecule has 1 aromatic rings. The van der Waals surface area contributed by atoms with Gasteiger partial charge in [-0.05, 0) is 44.2 Å². The Hall–Kier alpha value is -1.70. The van der Waals surface area contributed by atoms with Crippen molar-refractivity contribution in [2.75, 3.05) is 25.1 Å². The quantitative estimate of drug-likeness (QED) is 0.555. The average molecular weight is 358 g/mol. The minimum absolute atomic E-state index is 0.608. The van der Waals surface area contributed by atoms with E-state index in [-0.39, 0.29) is 0 Å². The fraction of sp³-hybridized carbons (Fsp3) is 0.476. The first-order valence-electron chi connectivity index (χ1n) is 8.83. The zero-order valence-corrected chi connectivity index (χ0v) is 16.6. The molecule has 3 nitrogen and oxygen atoms in total. The van der Waals surface area contributed by atoms with Crippen LogP contribution in [0.5, 0.6) is 0 Å². The maximum atomic E-state index is 9.64. The molecule has 25 heavy (non-hydrogen) atoms. The molecule has 0 spiro atoms. The summed E-state index contributed by atoms with van der Waals surface area (Å²) in [5.74, 6) is 0.950. The predicted octanol–water partition coefficient (Wildman–Crippen LogP) is 4.59. The van der Waals surface area contributed by atoms with E-state index >= 15 is 0 Å². The van der Waals surface area contributed by atoms with E-state index in [0.717, 1.165) is 43.9 Å². The molecule has 0 heterocycles. The molecule has 0 aromatic heterocycles. The summed E-state index contributed by atoms with van der Waals surface area (Å²) in [7, 11) is 0. The van der Waals surface area contributed by atoms with Gasteiger partial charge in [-0.1, -0.05) is 49.9 Å². The molecule has 0 bridgehead atoms. The number of benzene rings is 1. The Morgan fingerprint density at radius 3 is 2.68 bits per heavy atom. The molecule has 136 valence electrons. The zero-order chi connectivity index (χ0) is 18.5. The number of allylic oxidation sites excluding steroid dienone is 1. The summed E-state index contributed by atoms with van der Waals surface area (Å²) in [6, 6.07) is 12.9. The SMILES string of the molecule is C=C(/C=C\CSC)NC(C)(C#N)CCN(CCC)Cc1ccccc1. The number of rotatable bonds is 12. The maximum absolute atomic E-state index is 9.64. The third-order valence-corrected chi connectivity index (χ3v) is 4.51. The van der Waals surface area contributed by atoms with Gasteiger partial charge in [0.15, 0.2) is 0 Å². The number of hydrogen-bond acceptors (Lipinski definition) is 4. The molecular weight excluding hydrogens is 326 g/mol. The Morgan fingerprint density at radius 2 is 2.08 bits per heavy atom. The highest BCUT2D eigenvalue weighted by Gasteiger charge is 2.24. The van der Waals surface area contributed by atoms with Crippen LogP contribution in [-0.4, -0.2) is 35.5 Å². The fourth-order valence-corrected chi connectivity index (χ4v) is 2.93. The van der Waals surface area contributed by atoms with Crippen LogP contribution in [0.2, 0.25) is 0 Å². The second-order valence-electron chi connectivity index (χ2n) is 6.46. The lowest BCUT2D eigenvalue weighted by atomic mass is 9.98. The van der Waals surface area contributed by atoms with Gasteiger partial charge in [0, 0.05) is 24.5 Å². The van der Waals surface area contributed by atoms with E-state index in [1.165, 1.54) is 5.56 Å². The summed E-state index contributed by atoms with van der Waals surface area (Å²) in [6.07, 6.45) is 7.95. The van der Waals surface area contributed by atoms with E-state index in [9.17, 15) is 5.26 Å². The normalized spacial score (nSPS) is 13.6. The molecular formula is C21H31N3S. The summed E-state index contributed by atoms with van der Waals surface area (Å²) < 4.78 is 0. The van der Waals surface area contributed by atoms with E-state index in [1.54, 1.807) is 11.8 Å². The van der Waals surface area contributed by atoms with Gasteiger partial charge in [0.1, 0.15) is 5.54 Å². The Bertz CT molecular complexity index is 577. The van der Waals surface area contributed by atoms with E-state index in [4.69, 9.17) is 0 Å². The Labute approximate surface area is 157 Å². The summed E-state index contributed by atoms with van der Waals surface area (Å²) in [6.45, 7) is 11.0. The largest absolute Gasteiger partial charge is 0.368 e. The standard InChI is InChI=1S/C21H31N3S/c1-5-14-24(17-20-11-7-6-8-12-20)15-13-21(3,18-22)23-19(2)10-9-16-25-4/h6-12,23H,2,5,13-17H2,1,3-4H3/b10-9-. The molecule has 1 N–H and O–H groups in total. The zero-order valence-electron chi connectivity index (χ0n) is 15.8. The van der Waals surface area contributed by atoms with Crippen LogP contribution < -0.4 is 5.32 Å². The number of thioether (sulfide) groups is 1. The van der Waals surface area contributed by atoms with Crippen LogP contribution >= 0.6 is 11.8 Å². The topological polar surface area (TPSA) is 39.1 Å². The van der Waals surface area contributed by atoms with Gasteiger partial charge in [0.25, 0.3) is 0 Å². The molecule has 1 aromatic carbocycles. The van der Waals surface area contributed by atoms with E-state index in [0.29, 0.717) is 0 Å². The number of hydrogen-bond donors (Lipinski definition) is 1. The molecule has 0 saturated carbocycles. The highest BCUT2D eigenvalue weighted by Crippen LogP contribution is 2.14. The molecule has 0 radical (unpaired) electrons. The average Bonchev–Trinajstić information content (AvgIpc) is 2.61. The van der Waals surface area contributed by atoms with Crippen molar-refractivity contribution in [1.82, 2.24) is 10.2 Å². The summed E-state index contributed by atoms with van der Waals surface area (Å²) in [5, 5.41) is 12.9. The van der Waals surface area contributed by atoms with Crippen molar-refractivity contribution in [3.05, 3.63) is 60.3 Å². The fourth-order valence-electron chi connectivity index (χ4n) is 2.64. The summed E-state index contributed by atoms with van der Waals surface area (Å²) in [5.41, 5.74) is 1.50. The highest BCUT2D eigenvalue weighted by atomic mass is 32.2. The summed E-state index contributed by atoms with van der Waals surface area (Å²) >= 11 is 1.76. The first kappa shape index (κ1) is 21.3. The van der Waals surface area contributed by atoms with Gasteiger partial charge in [-0.3, -0.25) is 4.90 Å². The molecule has 0 amide bonds. The monoisotopic (exact) mass is 357 g/mol. The Morgan fingerprint density at radius 1 is 1.36 bits per heavy atom. The van der Waals surface area contributed by atoms with Crippen molar-refractivity contribution >= 4 is 11.8 Å². The van der Waals surface area contributed by atoms with E-state index < -0.39 is 5.54 Å². The smallest absolute Gasteiger partial charge is 0.123 e. The van der Waals surface area contributed by atoms with Gasteiger partial charge >= 0.3 is 0 Å². The third-order valence-electron chi connectivity index (χ3n) is 3.98. The number of nitriles is 1. The minimum atomic E-state index is -0.608. The van der Waals surface area contributed by atoms with E-state index in [2.05, 4.69) is 66.4 Å². The van der Waals surface area contributed by atoms with Gasteiger partial charge in [-0.25, -0.2) is 0 Å². The van der Waals surface area contributed by atoms with Crippen LogP contribution in [0.25, 0.3) is 0 Å². The van der Waals surface area contributed by atoms with Crippen molar-refractivity contribution < 1.29 is 0 Å². The van der Waals surface area contributed by atoms with Crippen LogP contribution in [-0.2, 0) is 6.54 Å². The highest BCUT2D eigenvalue weighted by molar-refractivity contribution is 7.98. The molecule has 0 aliphatic heterocycles. The summed E-state index contributed by atoms with van der Waals surface area (Å²) in [4.78, 5) is 2.42. The lowest BCUT2D eigenvalue weighted by molar-refractivity contribution is 0.241. The van der Waals surface area contributed by atoms with Crippen LogP contribution in [0, 0.1) is 11.3 Å². The molecule has 1 rings (SSSR count). The molecule has 0 fully saturated rings. The predicted molar refractivity (Wildman–Crippen MR) is 110 cm³/mol. The first-order valence-corrected chi connectivity index (χ1v) is 10.2. The van der Waals surface area contributed by atoms with Gasteiger partial charge in [0.05, 0.1) is 6.07 Å². The lowest BCUT2D eigenvalue weighted by Gasteiger charge is -2.29. The maximum Gasteiger partial charge on any atom is 0.123 e. The molecule has 1 unspecified atom stereocenters. The molecule has 0 saturated heterocycles. The van der Waals surface area contributed by atoms with Crippen LogP contribution in [0.3, 0.4) is 0 Å². The van der Waals surface area contributed by atoms with Crippen molar-refractivity contribution in [3.8, 4) is 6.07 Å². The molecule has 1 atom stereocenters. The Balaban J connectivity index is 2.61. The van der Waals surface area contributed by atoms with Crippen molar-refractivity contribution in [2.45, 2.75) is 38.8 Å². The minimum Gasteiger partial charge on any atom is -0.368 e. The molecule has 4 heteroatoms. The van der Waals surface area contributed by atoms with Crippen LogP contribution in [0.15, 0.2) is 54.8 Å². The molecule has 0 aliphatic rings.